The second-order valence-electron chi connectivity index (χ2n) is 9.80. The fourth-order valence-electron chi connectivity index (χ4n) is 5.03. The molecule has 1 N–H and O–H groups in total. The molecule has 2 aromatic carbocycles. The fourth-order valence-corrected chi connectivity index (χ4v) is 5.03. The number of Topliss-reactive ketones (excluding diaryl/α,β-unsaturated/α-hetero) is 1. The van der Waals surface area contributed by atoms with E-state index in [1.807, 2.05) is 43.3 Å². The summed E-state index contributed by atoms with van der Waals surface area (Å²) in [4.78, 5) is 30.4. The van der Waals surface area contributed by atoms with Crippen LogP contribution < -0.4 is 4.74 Å². The summed E-state index contributed by atoms with van der Waals surface area (Å²) in [6.45, 7) is 13.2. The zero-order chi connectivity index (χ0) is 25.3. The molecular formula is C29H36N2O4. The minimum absolute atomic E-state index is 0.0764. The van der Waals surface area contributed by atoms with E-state index in [4.69, 9.17) is 4.74 Å². The van der Waals surface area contributed by atoms with Gasteiger partial charge in [-0.2, -0.15) is 0 Å². The minimum Gasteiger partial charge on any atom is -0.507 e. The molecule has 0 aliphatic carbocycles. The SMILES string of the molecule is CCN(CC)CCN1C(=O)C(=O)/C(=C(\O)c2ccc3c(c2)CC(C)O3)C1c1ccc(C(C)C)cc1. The number of rotatable bonds is 8. The summed E-state index contributed by atoms with van der Waals surface area (Å²) >= 11 is 0. The number of ether oxygens (including phenoxy) is 1. The summed E-state index contributed by atoms with van der Waals surface area (Å²) in [7, 11) is 0. The second kappa shape index (κ2) is 10.2. The highest BCUT2D eigenvalue weighted by atomic mass is 16.5. The molecule has 0 bridgehead atoms. The van der Waals surface area contributed by atoms with Gasteiger partial charge in [0.05, 0.1) is 11.6 Å². The Balaban J connectivity index is 1.78. The van der Waals surface area contributed by atoms with Crippen molar-refractivity contribution in [2.24, 2.45) is 0 Å². The lowest BCUT2D eigenvalue weighted by Gasteiger charge is -2.28. The third-order valence-electron chi connectivity index (χ3n) is 7.18. The minimum atomic E-state index is -0.634. The Hall–Kier alpha value is -3.12. The van der Waals surface area contributed by atoms with Crippen molar-refractivity contribution in [2.75, 3.05) is 26.2 Å². The van der Waals surface area contributed by atoms with Gasteiger partial charge in [0.15, 0.2) is 0 Å². The Labute approximate surface area is 208 Å². The van der Waals surface area contributed by atoms with E-state index in [0.29, 0.717) is 24.6 Å². The first-order valence-corrected chi connectivity index (χ1v) is 12.7. The smallest absolute Gasteiger partial charge is 0.295 e. The summed E-state index contributed by atoms with van der Waals surface area (Å²) in [5.41, 5.74) is 3.69. The number of amides is 1. The van der Waals surface area contributed by atoms with E-state index in [0.717, 1.165) is 36.4 Å². The number of fused-ring (bicyclic) bond motifs is 1. The Morgan fingerprint density at radius 2 is 1.80 bits per heavy atom. The van der Waals surface area contributed by atoms with Gasteiger partial charge in [0.2, 0.25) is 0 Å². The number of ketones is 1. The van der Waals surface area contributed by atoms with Crippen molar-refractivity contribution in [1.82, 2.24) is 9.80 Å². The van der Waals surface area contributed by atoms with Crippen LogP contribution in [0.15, 0.2) is 48.0 Å². The van der Waals surface area contributed by atoms with Gasteiger partial charge in [0.1, 0.15) is 17.6 Å². The Kier molecular flexibility index (Phi) is 7.31. The number of benzene rings is 2. The van der Waals surface area contributed by atoms with Gasteiger partial charge in [-0.25, -0.2) is 0 Å². The molecule has 6 heteroatoms. The number of hydrogen-bond donors (Lipinski definition) is 1. The van der Waals surface area contributed by atoms with Crippen molar-refractivity contribution in [3.63, 3.8) is 0 Å². The van der Waals surface area contributed by atoms with E-state index in [1.54, 1.807) is 11.0 Å². The molecule has 0 radical (unpaired) electrons. The Morgan fingerprint density at radius 1 is 1.11 bits per heavy atom. The molecule has 1 saturated heterocycles. The van der Waals surface area contributed by atoms with Crippen molar-refractivity contribution in [1.29, 1.82) is 0 Å². The second-order valence-corrected chi connectivity index (χ2v) is 9.80. The third-order valence-corrected chi connectivity index (χ3v) is 7.18. The van der Waals surface area contributed by atoms with E-state index in [-0.39, 0.29) is 17.4 Å². The van der Waals surface area contributed by atoms with Gasteiger partial charge < -0.3 is 19.6 Å². The lowest BCUT2D eigenvalue weighted by Crippen LogP contribution is -2.38. The zero-order valence-electron chi connectivity index (χ0n) is 21.4. The number of aliphatic hydroxyl groups excluding tert-OH is 1. The average molecular weight is 477 g/mol. The van der Waals surface area contributed by atoms with Crippen LogP contribution in [-0.4, -0.2) is 58.9 Å². The number of likely N-dealkylation sites (tertiary alicyclic amines) is 1. The van der Waals surface area contributed by atoms with Crippen LogP contribution >= 0.6 is 0 Å². The molecule has 1 amide bonds. The summed E-state index contributed by atoms with van der Waals surface area (Å²) in [5, 5.41) is 11.4. The lowest BCUT2D eigenvalue weighted by atomic mass is 9.92. The van der Waals surface area contributed by atoms with E-state index in [9.17, 15) is 14.7 Å². The molecule has 1 fully saturated rings. The molecule has 0 spiro atoms. The highest BCUT2D eigenvalue weighted by Gasteiger charge is 2.46. The molecule has 2 aliphatic heterocycles. The summed E-state index contributed by atoms with van der Waals surface area (Å²) in [5.74, 6) is -0.155. The molecule has 6 nitrogen and oxygen atoms in total. The Morgan fingerprint density at radius 3 is 2.43 bits per heavy atom. The molecule has 2 unspecified atom stereocenters. The van der Waals surface area contributed by atoms with E-state index < -0.39 is 17.7 Å². The van der Waals surface area contributed by atoms with Crippen LogP contribution in [0.4, 0.5) is 0 Å². The highest BCUT2D eigenvalue weighted by Crippen LogP contribution is 2.40. The first kappa shape index (κ1) is 25.0. The zero-order valence-corrected chi connectivity index (χ0v) is 21.4. The lowest BCUT2D eigenvalue weighted by molar-refractivity contribution is -0.140. The van der Waals surface area contributed by atoms with Gasteiger partial charge in [-0.05, 0) is 60.8 Å². The normalized spacial score (nSPS) is 21.2. The molecule has 186 valence electrons. The maximum Gasteiger partial charge on any atom is 0.295 e. The molecule has 0 saturated carbocycles. The van der Waals surface area contributed by atoms with Crippen LogP contribution in [0.2, 0.25) is 0 Å². The molecule has 2 aromatic rings. The van der Waals surface area contributed by atoms with Gasteiger partial charge in [-0.1, -0.05) is 52.0 Å². The van der Waals surface area contributed by atoms with Gasteiger partial charge in [-0.15, -0.1) is 0 Å². The molecule has 4 rings (SSSR count). The van der Waals surface area contributed by atoms with Gasteiger partial charge in [-0.3, -0.25) is 9.59 Å². The number of carbonyl (C=O) groups is 2. The predicted molar refractivity (Wildman–Crippen MR) is 138 cm³/mol. The average Bonchev–Trinajstić information content (AvgIpc) is 3.35. The van der Waals surface area contributed by atoms with Crippen LogP contribution in [0.5, 0.6) is 5.75 Å². The number of hydrogen-bond acceptors (Lipinski definition) is 5. The first-order chi connectivity index (χ1) is 16.7. The maximum absolute atomic E-state index is 13.3. The van der Waals surface area contributed by atoms with Gasteiger partial charge >= 0.3 is 0 Å². The molecule has 2 aliphatic rings. The number of nitrogens with zero attached hydrogens (tertiary/aromatic N) is 2. The van der Waals surface area contributed by atoms with E-state index >= 15 is 0 Å². The van der Waals surface area contributed by atoms with E-state index in [2.05, 4.69) is 32.6 Å². The molecule has 35 heavy (non-hydrogen) atoms. The van der Waals surface area contributed by atoms with Crippen LogP contribution in [-0.2, 0) is 16.0 Å². The summed E-state index contributed by atoms with van der Waals surface area (Å²) < 4.78 is 5.79. The van der Waals surface area contributed by atoms with Crippen LogP contribution in [0.1, 0.15) is 68.8 Å². The van der Waals surface area contributed by atoms with Crippen molar-refractivity contribution in [3.8, 4) is 5.75 Å². The highest BCUT2D eigenvalue weighted by molar-refractivity contribution is 6.46. The molecule has 2 heterocycles. The van der Waals surface area contributed by atoms with Crippen molar-refractivity contribution in [3.05, 3.63) is 70.3 Å². The monoisotopic (exact) mass is 476 g/mol. The molecular weight excluding hydrogens is 440 g/mol. The number of likely N-dealkylation sites (N-methyl/N-ethyl adjacent to an activating group) is 1. The first-order valence-electron chi connectivity index (χ1n) is 12.7. The van der Waals surface area contributed by atoms with Crippen LogP contribution in [0.3, 0.4) is 0 Å². The largest absolute Gasteiger partial charge is 0.507 e. The van der Waals surface area contributed by atoms with Crippen molar-refractivity contribution in [2.45, 2.75) is 59.1 Å². The standard InChI is InChI=1S/C29H36N2O4/c1-6-30(7-2)14-15-31-26(21-10-8-20(9-11-21)18(3)4)25(28(33)29(31)34)27(32)22-12-13-24-23(17-22)16-19(5)35-24/h8-13,17-19,26,32H,6-7,14-16H2,1-5H3/b27-25-. The summed E-state index contributed by atoms with van der Waals surface area (Å²) in [6, 6.07) is 12.9. The van der Waals surface area contributed by atoms with Crippen molar-refractivity contribution < 1.29 is 19.4 Å². The fraction of sp³-hybridized carbons (Fsp3) is 0.448. The molecule has 2 atom stereocenters. The quantitative estimate of drug-likeness (QED) is 0.334. The predicted octanol–water partition coefficient (Wildman–Crippen LogP) is 4.90. The van der Waals surface area contributed by atoms with Crippen LogP contribution in [0.25, 0.3) is 5.76 Å². The van der Waals surface area contributed by atoms with E-state index in [1.165, 1.54) is 5.56 Å². The maximum atomic E-state index is 13.3. The third kappa shape index (κ3) is 4.85. The van der Waals surface area contributed by atoms with Crippen molar-refractivity contribution >= 4 is 17.4 Å². The summed E-state index contributed by atoms with van der Waals surface area (Å²) in [6.07, 6.45) is 0.821. The Bertz CT molecular complexity index is 1130. The topological polar surface area (TPSA) is 70.1 Å². The van der Waals surface area contributed by atoms with Gasteiger partial charge in [0, 0.05) is 25.1 Å². The number of carbonyl (C=O) groups excluding carboxylic acids is 2. The molecule has 0 aromatic heterocycles. The number of aliphatic hydroxyl groups is 1. The van der Waals surface area contributed by atoms with Gasteiger partial charge in [0.25, 0.3) is 11.7 Å². The van der Waals surface area contributed by atoms with Crippen LogP contribution in [0, 0.1) is 0 Å².